The lowest BCUT2D eigenvalue weighted by molar-refractivity contribution is 0.585. The third kappa shape index (κ3) is 6.99. The summed E-state index contributed by atoms with van der Waals surface area (Å²) in [6.07, 6.45) is 6.21. The fourth-order valence-corrected chi connectivity index (χ4v) is 2.21. The van der Waals surface area contributed by atoms with Crippen LogP contribution in [0.15, 0.2) is 0 Å². The van der Waals surface area contributed by atoms with Crippen molar-refractivity contribution in [3.05, 3.63) is 0 Å². The maximum Gasteiger partial charge on any atom is 0.00103 e. The van der Waals surface area contributed by atoms with Gasteiger partial charge in [-0.2, -0.15) is 0 Å². The number of hydrogen-bond acceptors (Lipinski definition) is 1. The standard InChI is InChI=1S/C10H25NS/c1-6-12(4,5)9-7-8-11-10(2)3/h10-11H,6-9H2,1-5H3. The molecule has 0 rings (SSSR count). The molecule has 0 spiro atoms. The molecule has 0 bridgehead atoms. The predicted octanol–water partition coefficient (Wildman–Crippen LogP) is 2.46. The van der Waals surface area contributed by atoms with Crippen LogP contribution in [0, 0.1) is 0 Å². The van der Waals surface area contributed by atoms with E-state index in [4.69, 9.17) is 0 Å². The van der Waals surface area contributed by atoms with Crippen molar-refractivity contribution in [3.63, 3.8) is 0 Å². The van der Waals surface area contributed by atoms with Crippen LogP contribution in [0.4, 0.5) is 0 Å². The van der Waals surface area contributed by atoms with Gasteiger partial charge in [-0.3, -0.25) is 0 Å². The summed E-state index contributed by atoms with van der Waals surface area (Å²) in [5, 5.41) is 3.46. The van der Waals surface area contributed by atoms with Gasteiger partial charge in [-0.05, 0) is 37.0 Å². The molecule has 0 aromatic rings. The summed E-state index contributed by atoms with van der Waals surface area (Å²) in [5.41, 5.74) is 0. The van der Waals surface area contributed by atoms with Crippen LogP contribution in [0.5, 0.6) is 0 Å². The molecule has 0 saturated heterocycles. The Morgan fingerprint density at radius 1 is 1.25 bits per heavy atom. The first-order valence-corrected chi connectivity index (χ1v) is 7.69. The Morgan fingerprint density at radius 3 is 2.25 bits per heavy atom. The first-order valence-electron chi connectivity index (χ1n) is 4.90. The molecule has 0 atom stereocenters. The molecule has 0 saturated carbocycles. The fraction of sp³-hybridized carbons (Fsp3) is 1.00. The van der Waals surface area contributed by atoms with Gasteiger partial charge < -0.3 is 5.32 Å². The van der Waals surface area contributed by atoms with Crippen molar-refractivity contribution < 1.29 is 0 Å². The zero-order chi connectivity index (χ0) is 9.61. The highest BCUT2D eigenvalue weighted by Crippen LogP contribution is 2.39. The van der Waals surface area contributed by atoms with E-state index in [0.29, 0.717) is 6.04 Å². The number of rotatable bonds is 6. The maximum absolute atomic E-state index is 3.46. The number of nitrogens with one attached hydrogen (secondary N) is 1. The Kier molecular flexibility index (Phi) is 6.02. The van der Waals surface area contributed by atoms with E-state index in [-0.39, 0.29) is 10.0 Å². The molecule has 76 valence electrons. The third-order valence-corrected chi connectivity index (χ3v) is 5.16. The lowest BCUT2D eigenvalue weighted by Crippen LogP contribution is -2.24. The Labute approximate surface area is 79.6 Å². The van der Waals surface area contributed by atoms with Gasteiger partial charge in [0.1, 0.15) is 0 Å². The lowest BCUT2D eigenvalue weighted by atomic mass is 10.4. The highest BCUT2D eigenvalue weighted by molar-refractivity contribution is 8.32. The van der Waals surface area contributed by atoms with Gasteiger partial charge in [-0.1, -0.05) is 20.8 Å². The summed E-state index contributed by atoms with van der Waals surface area (Å²) in [7, 11) is -0.257. The Bertz CT molecular complexity index is 110. The molecular weight excluding hydrogens is 166 g/mol. The molecular formula is C10H25NS. The third-order valence-electron chi connectivity index (χ3n) is 2.21. The molecule has 12 heavy (non-hydrogen) atoms. The van der Waals surface area contributed by atoms with E-state index < -0.39 is 0 Å². The van der Waals surface area contributed by atoms with Crippen LogP contribution in [0.2, 0.25) is 0 Å². The fourth-order valence-electron chi connectivity index (χ4n) is 0.998. The summed E-state index contributed by atoms with van der Waals surface area (Å²) in [6.45, 7) is 7.91. The normalized spacial score (nSPS) is 13.8. The molecule has 0 aliphatic rings. The van der Waals surface area contributed by atoms with E-state index in [9.17, 15) is 0 Å². The van der Waals surface area contributed by atoms with Crippen LogP contribution in [0.25, 0.3) is 0 Å². The van der Waals surface area contributed by atoms with E-state index in [1.165, 1.54) is 24.5 Å². The van der Waals surface area contributed by atoms with E-state index in [2.05, 4.69) is 38.6 Å². The smallest absolute Gasteiger partial charge is 0.00103 e. The first kappa shape index (κ1) is 12.3. The second kappa shape index (κ2) is 5.87. The van der Waals surface area contributed by atoms with Crippen LogP contribution in [-0.2, 0) is 0 Å². The minimum Gasteiger partial charge on any atom is -0.315 e. The highest BCUT2D eigenvalue weighted by atomic mass is 32.3. The van der Waals surface area contributed by atoms with E-state index in [1.807, 2.05) is 0 Å². The molecule has 1 nitrogen and oxygen atoms in total. The highest BCUT2D eigenvalue weighted by Gasteiger charge is 2.07. The molecule has 0 radical (unpaired) electrons. The van der Waals surface area contributed by atoms with E-state index >= 15 is 0 Å². The van der Waals surface area contributed by atoms with Crippen molar-refractivity contribution in [2.24, 2.45) is 0 Å². The molecule has 0 unspecified atom stereocenters. The van der Waals surface area contributed by atoms with Crippen molar-refractivity contribution in [2.75, 3.05) is 30.6 Å². The molecule has 0 heterocycles. The molecule has 0 aliphatic heterocycles. The lowest BCUT2D eigenvalue weighted by Gasteiger charge is -2.29. The average Bonchev–Trinajstić information content (AvgIpc) is 1.98. The van der Waals surface area contributed by atoms with E-state index in [0.717, 1.165) is 0 Å². The summed E-state index contributed by atoms with van der Waals surface area (Å²) in [4.78, 5) is 0. The molecule has 0 amide bonds. The monoisotopic (exact) mass is 191 g/mol. The van der Waals surface area contributed by atoms with Gasteiger partial charge in [0.25, 0.3) is 0 Å². The topological polar surface area (TPSA) is 12.0 Å². The van der Waals surface area contributed by atoms with Crippen LogP contribution < -0.4 is 5.32 Å². The van der Waals surface area contributed by atoms with Crippen LogP contribution in [-0.4, -0.2) is 36.6 Å². The molecule has 0 aliphatic carbocycles. The Morgan fingerprint density at radius 2 is 1.83 bits per heavy atom. The summed E-state index contributed by atoms with van der Waals surface area (Å²) in [5.74, 6) is 2.79. The van der Waals surface area contributed by atoms with Crippen molar-refractivity contribution in [3.8, 4) is 0 Å². The summed E-state index contributed by atoms with van der Waals surface area (Å²) >= 11 is 0. The molecule has 1 N–H and O–H groups in total. The van der Waals surface area contributed by atoms with Crippen molar-refractivity contribution >= 4 is 10.0 Å². The second-order valence-corrected chi connectivity index (χ2v) is 8.74. The Hall–Kier alpha value is 0.310. The molecule has 0 aromatic carbocycles. The van der Waals surface area contributed by atoms with Crippen molar-refractivity contribution in [2.45, 2.75) is 33.2 Å². The van der Waals surface area contributed by atoms with Crippen molar-refractivity contribution in [1.29, 1.82) is 0 Å². The number of hydrogen-bond donors (Lipinski definition) is 1. The molecule has 2 heteroatoms. The van der Waals surface area contributed by atoms with Gasteiger partial charge in [-0.25, -0.2) is 10.0 Å². The minimum atomic E-state index is -0.257. The SMILES string of the molecule is CCS(C)(C)CCCNC(C)C. The first-order chi connectivity index (χ1) is 5.48. The van der Waals surface area contributed by atoms with Crippen LogP contribution in [0.3, 0.4) is 0 Å². The average molecular weight is 191 g/mol. The summed E-state index contributed by atoms with van der Waals surface area (Å²) in [6, 6.07) is 0.643. The van der Waals surface area contributed by atoms with Crippen LogP contribution >= 0.6 is 10.0 Å². The largest absolute Gasteiger partial charge is 0.315 e. The van der Waals surface area contributed by atoms with Crippen molar-refractivity contribution in [1.82, 2.24) is 5.32 Å². The van der Waals surface area contributed by atoms with Gasteiger partial charge in [0.15, 0.2) is 0 Å². The second-order valence-electron chi connectivity index (χ2n) is 4.22. The van der Waals surface area contributed by atoms with Gasteiger partial charge in [0.2, 0.25) is 0 Å². The Balaban J connectivity index is 3.31. The quantitative estimate of drug-likeness (QED) is 0.636. The molecule has 0 aromatic heterocycles. The maximum atomic E-state index is 3.46. The van der Waals surface area contributed by atoms with Gasteiger partial charge in [0, 0.05) is 6.04 Å². The van der Waals surface area contributed by atoms with Gasteiger partial charge in [-0.15, -0.1) is 0 Å². The van der Waals surface area contributed by atoms with E-state index in [1.54, 1.807) is 0 Å². The summed E-state index contributed by atoms with van der Waals surface area (Å²) < 4.78 is 0. The van der Waals surface area contributed by atoms with Crippen LogP contribution in [0.1, 0.15) is 27.2 Å². The minimum absolute atomic E-state index is 0.257. The predicted molar refractivity (Wildman–Crippen MR) is 62.6 cm³/mol. The molecule has 0 fully saturated rings. The zero-order valence-electron chi connectivity index (χ0n) is 9.31. The zero-order valence-corrected chi connectivity index (χ0v) is 10.1. The van der Waals surface area contributed by atoms with Gasteiger partial charge >= 0.3 is 0 Å². The van der Waals surface area contributed by atoms with Gasteiger partial charge in [0.05, 0.1) is 0 Å².